The minimum Gasteiger partial charge on any atom is -0.459 e. The van der Waals surface area contributed by atoms with Crippen LogP contribution in [0.25, 0.3) is 11.7 Å². The molecule has 11 heteroatoms. The van der Waals surface area contributed by atoms with Crippen molar-refractivity contribution in [3.63, 3.8) is 0 Å². The molecule has 1 saturated heterocycles. The van der Waals surface area contributed by atoms with Crippen LogP contribution in [-0.4, -0.2) is 58.8 Å². The largest absolute Gasteiger partial charge is 0.459 e. The number of furan rings is 1. The molecule has 184 valence electrons. The lowest BCUT2D eigenvalue weighted by atomic mass is 10.1. The van der Waals surface area contributed by atoms with Crippen LogP contribution in [-0.2, 0) is 4.79 Å². The molecule has 1 N–H and O–H groups in total. The number of benzene rings is 2. The summed E-state index contributed by atoms with van der Waals surface area (Å²) in [6, 6.07) is 18.6. The average molecular weight is 568 g/mol. The zero-order valence-corrected chi connectivity index (χ0v) is 21.5. The van der Waals surface area contributed by atoms with Crippen molar-refractivity contribution in [3.05, 3.63) is 77.0 Å². The highest BCUT2D eigenvalue weighted by atomic mass is 79.9. The molecular weight excluding hydrogens is 546 g/mol. The average Bonchev–Trinajstić information content (AvgIpc) is 3.60. The van der Waals surface area contributed by atoms with Gasteiger partial charge in [-0.15, -0.1) is 10.2 Å². The molecule has 0 unspecified atom stereocenters. The van der Waals surface area contributed by atoms with E-state index >= 15 is 0 Å². The molecule has 2 amide bonds. The Labute approximate surface area is 220 Å². The van der Waals surface area contributed by atoms with Crippen LogP contribution in [0.3, 0.4) is 0 Å². The number of carbonyl (C=O) groups excluding carboxylic acids is 2. The van der Waals surface area contributed by atoms with Crippen LogP contribution in [0.5, 0.6) is 0 Å². The normalized spacial score (nSPS) is 13.6. The SMILES string of the molecule is O=C(CSc1nnc(-c2ccco2)o1)Nc1ccc(N2CCN(C(=O)c3ccccc3Br)CC2)cc1. The van der Waals surface area contributed by atoms with Gasteiger partial charge in [0.2, 0.25) is 5.91 Å². The number of nitrogens with zero attached hydrogens (tertiary/aromatic N) is 4. The van der Waals surface area contributed by atoms with Crippen molar-refractivity contribution in [3.8, 4) is 11.7 Å². The van der Waals surface area contributed by atoms with E-state index in [1.54, 1.807) is 12.1 Å². The minimum atomic E-state index is -0.176. The first-order chi connectivity index (χ1) is 17.6. The molecule has 4 aromatic rings. The van der Waals surface area contributed by atoms with Gasteiger partial charge in [0.15, 0.2) is 5.76 Å². The molecule has 1 fully saturated rings. The summed E-state index contributed by atoms with van der Waals surface area (Å²) >= 11 is 4.62. The quantitative estimate of drug-likeness (QED) is 0.318. The Morgan fingerprint density at radius 3 is 2.47 bits per heavy atom. The van der Waals surface area contributed by atoms with Gasteiger partial charge < -0.3 is 24.0 Å². The molecule has 0 saturated carbocycles. The maximum Gasteiger partial charge on any atom is 0.284 e. The topological polar surface area (TPSA) is 105 Å². The van der Waals surface area contributed by atoms with Gasteiger partial charge in [0.1, 0.15) is 0 Å². The van der Waals surface area contributed by atoms with Crippen molar-refractivity contribution in [1.29, 1.82) is 0 Å². The Morgan fingerprint density at radius 2 is 1.75 bits per heavy atom. The third kappa shape index (κ3) is 5.63. The van der Waals surface area contributed by atoms with Crippen LogP contribution in [0.2, 0.25) is 0 Å². The van der Waals surface area contributed by atoms with Crippen molar-refractivity contribution >= 4 is 50.9 Å². The van der Waals surface area contributed by atoms with E-state index in [1.807, 2.05) is 53.4 Å². The molecule has 36 heavy (non-hydrogen) atoms. The van der Waals surface area contributed by atoms with Gasteiger partial charge in [-0.3, -0.25) is 9.59 Å². The smallest absolute Gasteiger partial charge is 0.284 e. The predicted molar refractivity (Wildman–Crippen MR) is 140 cm³/mol. The summed E-state index contributed by atoms with van der Waals surface area (Å²) in [5, 5.41) is 11.0. The Bertz CT molecular complexity index is 1330. The fraction of sp³-hybridized carbons (Fsp3) is 0.200. The maximum atomic E-state index is 12.8. The summed E-state index contributed by atoms with van der Waals surface area (Å²) in [6.07, 6.45) is 1.52. The number of amides is 2. The molecule has 0 aliphatic carbocycles. The highest BCUT2D eigenvalue weighted by Crippen LogP contribution is 2.25. The van der Waals surface area contributed by atoms with Crippen molar-refractivity contribution in [2.45, 2.75) is 5.22 Å². The van der Waals surface area contributed by atoms with Gasteiger partial charge in [-0.2, -0.15) is 0 Å². The number of hydrogen-bond acceptors (Lipinski definition) is 8. The second-order valence-corrected chi connectivity index (χ2v) is 9.77. The molecule has 2 aromatic carbocycles. The summed E-state index contributed by atoms with van der Waals surface area (Å²) in [4.78, 5) is 29.3. The van der Waals surface area contributed by atoms with Crippen LogP contribution < -0.4 is 10.2 Å². The van der Waals surface area contributed by atoms with Gasteiger partial charge in [0, 0.05) is 42.0 Å². The molecule has 0 bridgehead atoms. The van der Waals surface area contributed by atoms with Gasteiger partial charge in [0.05, 0.1) is 17.6 Å². The lowest BCUT2D eigenvalue weighted by molar-refractivity contribution is -0.113. The second kappa shape index (κ2) is 11.0. The number of carbonyl (C=O) groups is 2. The van der Waals surface area contributed by atoms with Crippen molar-refractivity contribution in [2.24, 2.45) is 0 Å². The number of rotatable bonds is 7. The number of hydrogen-bond donors (Lipinski definition) is 1. The van der Waals surface area contributed by atoms with Crippen molar-refractivity contribution in [1.82, 2.24) is 15.1 Å². The van der Waals surface area contributed by atoms with E-state index in [9.17, 15) is 9.59 Å². The third-order valence-electron chi connectivity index (χ3n) is 5.65. The molecule has 3 heterocycles. The second-order valence-electron chi connectivity index (χ2n) is 7.99. The van der Waals surface area contributed by atoms with E-state index in [-0.39, 0.29) is 23.5 Å². The lowest BCUT2D eigenvalue weighted by Gasteiger charge is -2.36. The van der Waals surface area contributed by atoms with E-state index in [4.69, 9.17) is 8.83 Å². The van der Waals surface area contributed by atoms with Crippen molar-refractivity contribution in [2.75, 3.05) is 42.1 Å². The van der Waals surface area contributed by atoms with E-state index in [2.05, 4.69) is 36.3 Å². The molecule has 9 nitrogen and oxygen atoms in total. The van der Waals surface area contributed by atoms with Gasteiger partial charge in [0.25, 0.3) is 17.0 Å². The molecule has 0 atom stereocenters. The standard InChI is InChI=1S/C25H22BrN5O4S/c26-20-5-2-1-4-19(20)24(33)31-13-11-30(12-14-31)18-9-7-17(8-10-18)27-22(32)16-36-25-29-28-23(35-25)21-6-3-15-34-21/h1-10,15H,11-14,16H2,(H,27,32). The number of thioether (sulfide) groups is 1. The number of halogens is 1. The molecule has 5 rings (SSSR count). The highest BCUT2D eigenvalue weighted by Gasteiger charge is 2.23. The third-order valence-corrected chi connectivity index (χ3v) is 7.16. The predicted octanol–water partition coefficient (Wildman–Crippen LogP) is 4.79. The van der Waals surface area contributed by atoms with Crippen LogP contribution in [0.1, 0.15) is 10.4 Å². The van der Waals surface area contributed by atoms with Crippen LogP contribution in [0.4, 0.5) is 11.4 Å². The fourth-order valence-electron chi connectivity index (χ4n) is 3.82. The van der Waals surface area contributed by atoms with Gasteiger partial charge >= 0.3 is 0 Å². The Kier molecular flexibility index (Phi) is 7.38. The van der Waals surface area contributed by atoms with Gasteiger partial charge in [-0.25, -0.2) is 0 Å². The van der Waals surface area contributed by atoms with E-state index < -0.39 is 0 Å². The first-order valence-corrected chi connectivity index (χ1v) is 13.0. The highest BCUT2D eigenvalue weighted by molar-refractivity contribution is 9.10. The van der Waals surface area contributed by atoms with Crippen LogP contribution >= 0.6 is 27.7 Å². The number of nitrogens with one attached hydrogen (secondary N) is 1. The molecule has 0 spiro atoms. The molecule has 2 aromatic heterocycles. The molecular formula is C25H22BrN5O4S. The summed E-state index contributed by atoms with van der Waals surface area (Å²) in [6.45, 7) is 2.77. The first-order valence-electron chi connectivity index (χ1n) is 11.3. The van der Waals surface area contributed by atoms with Crippen LogP contribution in [0, 0.1) is 0 Å². The first kappa shape index (κ1) is 24.1. The van der Waals surface area contributed by atoms with E-state index in [1.165, 1.54) is 6.26 Å². The maximum absolute atomic E-state index is 12.8. The lowest BCUT2D eigenvalue weighted by Crippen LogP contribution is -2.48. The summed E-state index contributed by atoms with van der Waals surface area (Å²) in [5.41, 5.74) is 2.43. The van der Waals surface area contributed by atoms with E-state index in [0.717, 1.165) is 35.0 Å². The molecule has 1 aliphatic heterocycles. The van der Waals surface area contributed by atoms with Crippen LogP contribution in [0.15, 0.2) is 85.5 Å². The summed E-state index contributed by atoms with van der Waals surface area (Å²) in [7, 11) is 0. The zero-order valence-electron chi connectivity index (χ0n) is 19.1. The fourth-order valence-corrected chi connectivity index (χ4v) is 4.84. The number of aromatic nitrogens is 2. The summed E-state index contributed by atoms with van der Waals surface area (Å²) in [5.74, 6) is 0.753. The summed E-state index contributed by atoms with van der Waals surface area (Å²) < 4.78 is 11.5. The van der Waals surface area contributed by atoms with Crippen molar-refractivity contribution < 1.29 is 18.4 Å². The number of piperazine rings is 1. The van der Waals surface area contributed by atoms with Gasteiger partial charge in [-0.1, -0.05) is 23.9 Å². The Morgan fingerprint density at radius 1 is 0.972 bits per heavy atom. The molecule has 0 radical (unpaired) electrons. The number of anilines is 2. The molecule has 1 aliphatic rings. The van der Waals surface area contributed by atoms with Gasteiger partial charge in [-0.05, 0) is 64.5 Å². The van der Waals surface area contributed by atoms with E-state index in [0.29, 0.717) is 35.3 Å². The zero-order chi connectivity index (χ0) is 24.9. The Balaban J connectivity index is 1.09. The minimum absolute atomic E-state index is 0.0378. The Hall–Kier alpha value is -3.57. The monoisotopic (exact) mass is 567 g/mol.